The molecule has 0 unspecified atom stereocenters. The Kier molecular flexibility index (Phi) is 6.48. The van der Waals surface area contributed by atoms with Crippen LogP contribution in [0.4, 0.5) is 4.79 Å². The number of carbonyl (C=O) groups is 2. The molecule has 0 aliphatic rings. The predicted molar refractivity (Wildman–Crippen MR) is 77.6 cm³/mol. The van der Waals surface area contributed by atoms with Crippen LogP contribution in [-0.4, -0.2) is 45.0 Å². The van der Waals surface area contributed by atoms with Gasteiger partial charge >= 0.3 is 12.1 Å². The molecule has 19 heavy (non-hydrogen) atoms. The molecule has 0 radical (unpaired) electrons. The lowest BCUT2D eigenvalue weighted by molar-refractivity contribution is -0.144. The fraction of sp³-hybridized carbons (Fsp3) is 0.833. The van der Waals surface area contributed by atoms with Crippen LogP contribution in [0, 0.1) is 0 Å². The van der Waals surface area contributed by atoms with E-state index in [0.29, 0.717) is 0 Å². The van der Waals surface area contributed by atoms with E-state index >= 15 is 0 Å². The second-order valence-corrected chi connectivity index (χ2v) is 7.36. The normalized spacial score (nSPS) is 13.8. The Hall–Kier alpha value is -0.620. The van der Waals surface area contributed by atoms with Gasteiger partial charge in [-0.25, -0.2) is 9.59 Å². The molecule has 1 amide bonds. The van der Waals surface area contributed by atoms with E-state index in [2.05, 4.69) is 0 Å². The van der Waals surface area contributed by atoms with Gasteiger partial charge in [-0.2, -0.15) is 0 Å². The van der Waals surface area contributed by atoms with Gasteiger partial charge in [0.2, 0.25) is 0 Å². The Morgan fingerprint density at radius 3 is 2.00 bits per heavy atom. The van der Waals surface area contributed by atoms with E-state index in [9.17, 15) is 14.7 Å². The molecule has 0 saturated heterocycles. The van der Waals surface area contributed by atoms with Crippen molar-refractivity contribution in [2.24, 2.45) is 0 Å². The van der Waals surface area contributed by atoms with Gasteiger partial charge in [0.15, 0.2) is 0 Å². The van der Waals surface area contributed by atoms with Gasteiger partial charge < -0.3 is 9.84 Å². The second-order valence-electron chi connectivity index (χ2n) is 6.15. The molecule has 0 saturated carbocycles. The number of aliphatic carboxylic acids is 1. The van der Waals surface area contributed by atoms with E-state index in [0.717, 1.165) is 11.0 Å². The van der Waals surface area contributed by atoms with Gasteiger partial charge in [-0.3, -0.25) is 4.90 Å². The fourth-order valence-electron chi connectivity index (χ4n) is 1.50. The van der Waals surface area contributed by atoms with Crippen molar-refractivity contribution < 1.29 is 19.4 Å². The number of halogens is 1. The smallest absolute Gasteiger partial charge is 0.411 e. The number of carboxylic acids is 1. The highest BCUT2D eigenvalue weighted by molar-refractivity contribution is 8.21. The maximum atomic E-state index is 12.2. The van der Waals surface area contributed by atoms with Gasteiger partial charge in [-0.1, -0.05) is 11.0 Å². The van der Waals surface area contributed by atoms with Crippen molar-refractivity contribution in [3.05, 3.63) is 0 Å². The summed E-state index contributed by atoms with van der Waals surface area (Å²) in [5, 5.41) is 9.26. The molecule has 0 rings (SSSR count). The first-order chi connectivity index (χ1) is 8.40. The first-order valence-electron chi connectivity index (χ1n) is 5.89. The summed E-state index contributed by atoms with van der Waals surface area (Å²) >= 11 is 0. The van der Waals surface area contributed by atoms with Gasteiger partial charge in [-0.15, -0.1) is 0 Å². The van der Waals surface area contributed by atoms with Crippen LogP contribution in [-0.2, 0) is 9.53 Å². The van der Waals surface area contributed by atoms with Gasteiger partial charge in [0.05, 0.1) is 0 Å². The third-order valence-corrected chi connectivity index (χ3v) is 2.95. The maximum Gasteiger partial charge on any atom is 0.411 e. The van der Waals surface area contributed by atoms with Crippen molar-refractivity contribution in [3.63, 3.8) is 0 Å². The number of carboxylic acid groups (broad SMARTS) is 1. The van der Waals surface area contributed by atoms with E-state index in [1.807, 2.05) is 0 Å². The molecule has 0 spiro atoms. The summed E-state index contributed by atoms with van der Waals surface area (Å²) in [5.74, 6) is -1.01. The SMILES string of the molecule is CC(C)(C)OC(=O)N([C@@H](CSCl)C(=O)O)C(C)(C)C. The summed E-state index contributed by atoms with van der Waals surface area (Å²) in [6.45, 7) is 10.5. The molecule has 0 aromatic rings. The zero-order valence-electron chi connectivity index (χ0n) is 12.2. The molecular formula is C12H22ClNO4S. The van der Waals surface area contributed by atoms with Crippen molar-refractivity contribution in [2.45, 2.75) is 58.7 Å². The Morgan fingerprint density at radius 1 is 1.26 bits per heavy atom. The topological polar surface area (TPSA) is 66.8 Å². The zero-order chi connectivity index (χ0) is 15.4. The fourth-order valence-corrected chi connectivity index (χ4v) is 2.26. The van der Waals surface area contributed by atoms with E-state index < -0.39 is 29.2 Å². The summed E-state index contributed by atoms with van der Waals surface area (Å²) in [6.07, 6.45) is -0.655. The van der Waals surface area contributed by atoms with Crippen LogP contribution < -0.4 is 0 Å². The Balaban J connectivity index is 5.32. The monoisotopic (exact) mass is 311 g/mol. The molecule has 7 heteroatoms. The second kappa shape index (κ2) is 6.70. The molecule has 0 heterocycles. The van der Waals surface area contributed by atoms with Crippen LogP contribution in [0.1, 0.15) is 41.5 Å². The minimum atomic E-state index is -1.10. The van der Waals surface area contributed by atoms with Crippen LogP contribution >= 0.6 is 21.7 Å². The van der Waals surface area contributed by atoms with Crippen molar-refractivity contribution in [2.75, 3.05) is 5.75 Å². The number of amides is 1. The van der Waals surface area contributed by atoms with E-state index in [1.165, 1.54) is 4.90 Å². The molecule has 0 aliphatic carbocycles. The first-order valence-corrected chi connectivity index (χ1v) is 7.70. The van der Waals surface area contributed by atoms with Crippen LogP contribution in [0.15, 0.2) is 0 Å². The Morgan fingerprint density at radius 2 is 1.74 bits per heavy atom. The molecular weight excluding hydrogens is 290 g/mol. The minimum Gasteiger partial charge on any atom is -0.480 e. The third-order valence-electron chi connectivity index (χ3n) is 2.13. The standard InChI is InChI=1S/C12H22ClNO4S/c1-11(2,3)14(8(7-19-13)9(15)16)10(17)18-12(4,5)6/h8H,7H2,1-6H3,(H,15,16)/t8-/m0/s1. The molecule has 112 valence electrons. The Bertz CT molecular complexity index is 336. The number of rotatable bonds is 4. The molecule has 0 fully saturated rings. The Labute approximate surface area is 123 Å². The van der Waals surface area contributed by atoms with Crippen molar-refractivity contribution >= 4 is 33.7 Å². The molecule has 1 N–H and O–H groups in total. The highest BCUT2D eigenvalue weighted by Gasteiger charge is 2.39. The average molecular weight is 312 g/mol. The molecule has 1 atom stereocenters. The molecule has 0 aromatic carbocycles. The third kappa shape index (κ3) is 6.38. The highest BCUT2D eigenvalue weighted by Crippen LogP contribution is 2.24. The van der Waals surface area contributed by atoms with Crippen LogP contribution in [0.25, 0.3) is 0 Å². The molecule has 0 aromatic heterocycles. The summed E-state index contributed by atoms with van der Waals surface area (Å²) in [7, 11) is 6.41. The largest absolute Gasteiger partial charge is 0.480 e. The first kappa shape index (κ1) is 18.4. The van der Waals surface area contributed by atoms with E-state index in [-0.39, 0.29) is 5.75 Å². The van der Waals surface area contributed by atoms with E-state index in [1.54, 1.807) is 41.5 Å². The van der Waals surface area contributed by atoms with Crippen molar-refractivity contribution in [1.82, 2.24) is 4.90 Å². The molecule has 5 nitrogen and oxygen atoms in total. The lowest BCUT2D eigenvalue weighted by Crippen LogP contribution is -2.56. The highest BCUT2D eigenvalue weighted by atomic mass is 35.7. The van der Waals surface area contributed by atoms with Crippen LogP contribution in [0.3, 0.4) is 0 Å². The number of carbonyl (C=O) groups excluding carboxylic acids is 1. The quantitative estimate of drug-likeness (QED) is 0.862. The molecule has 0 aliphatic heterocycles. The summed E-state index contributed by atoms with van der Waals surface area (Å²) in [6, 6.07) is -1.03. The summed E-state index contributed by atoms with van der Waals surface area (Å²) < 4.78 is 5.28. The van der Waals surface area contributed by atoms with Crippen molar-refractivity contribution in [3.8, 4) is 0 Å². The van der Waals surface area contributed by atoms with Gasteiger partial charge in [-0.05, 0) is 52.2 Å². The minimum absolute atomic E-state index is 0.0907. The number of hydrogen-bond acceptors (Lipinski definition) is 4. The zero-order valence-corrected chi connectivity index (χ0v) is 13.8. The summed E-state index contributed by atoms with van der Waals surface area (Å²) in [5.41, 5.74) is -1.37. The predicted octanol–water partition coefficient (Wildman–Crippen LogP) is 3.36. The maximum absolute atomic E-state index is 12.2. The van der Waals surface area contributed by atoms with Gasteiger partial charge in [0.25, 0.3) is 0 Å². The van der Waals surface area contributed by atoms with Gasteiger partial charge in [0, 0.05) is 11.3 Å². The number of ether oxygens (including phenoxy) is 1. The number of nitrogens with zero attached hydrogens (tertiary/aromatic N) is 1. The van der Waals surface area contributed by atoms with Crippen molar-refractivity contribution in [1.29, 1.82) is 0 Å². The van der Waals surface area contributed by atoms with Crippen LogP contribution in [0.2, 0.25) is 0 Å². The summed E-state index contributed by atoms with van der Waals surface area (Å²) in [4.78, 5) is 24.8. The average Bonchev–Trinajstić information content (AvgIpc) is 2.11. The number of hydrogen-bond donors (Lipinski definition) is 1. The van der Waals surface area contributed by atoms with E-state index in [4.69, 9.17) is 15.4 Å². The molecule has 0 bridgehead atoms. The van der Waals surface area contributed by atoms with Gasteiger partial charge in [0.1, 0.15) is 11.6 Å². The van der Waals surface area contributed by atoms with Crippen LogP contribution in [0.5, 0.6) is 0 Å². The lowest BCUT2D eigenvalue weighted by atomic mass is 10.0. The lowest BCUT2D eigenvalue weighted by Gasteiger charge is -2.40.